The van der Waals surface area contributed by atoms with Crippen molar-refractivity contribution in [2.75, 3.05) is 0 Å². The first-order valence-electron chi connectivity index (χ1n) is 6.10. The highest BCUT2D eigenvalue weighted by Gasteiger charge is 2.03. The molecule has 0 saturated carbocycles. The number of benzene rings is 2. The number of rotatable bonds is 2. The zero-order valence-electron chi connectivity index (χ0n) is 10.9. The van der Waals surface area contributed by atoms with Crippen LogP contribution >= 0.6 is 0 Å². The maximum absolute atomic E-state index is 3.85. The van der Waals surface area contributed by atoms with Gasteiger partial charge in [-0.2, -0.15) is 0 Å². The lowest BCUT2D eigenvalue weighted by molar-refractivity contribution is 1.45. The second kappa shape index (κ2) is 8.30. The fourth-order valence-corrected chi connectivity index (χ4v) is 1.80. The molecule has 0 unspecified atom stereocenters. The van der Waals surface area contributed by atoms with Crippen LogP contribution in [0.5, 0.6) is 0 Å². The van der Waals surface area contributed by atoms with Crippen LogP contribution in [0.15, 0.2) is 55.1 Å². The van der Waals surface area contributed by atoms with E-state index in [2.05, 4.69) is 56.0 Å². The third-order valence-corrected chi connectivity index (χ3v) is 2.62. The Balaban J connectivity index is 0.000000917. The largest absolute Gasteiger partial charge is 0.0984 e. The standard InChI is InChI=1S/C15H14.C2H6.CH4/c1-3-13-9-5-7-11-15(13)14-10-6-4-8-12(14)2;1-2;/h3-11H,1H2,2H3;1-2H3;1H4. The molecule has 0 fully saturated rings. The van der Waals surface area contributed by atoms with Gasteiger partial charge in [-0.25, -0.2) is 0 Å². The van der Waals surface area contributed by atoms with Gasteiger partial charge in [0.05, 0.1) is 0 Å². The average Bonchev–Trinajstić information content (AvgIpc) is 2.41. The van der Waals surface area contributed by atoms with Crippen LogP contribution < -0.4 is 0 Å². The topological polar surface area (TPSA) is 0 Å². The van der Waals surface area contributed by atoms with E-state index in [1.165, 1.54) is 22.3 Å². The van der Waals surface area contributed by atoms with Gasteiger partial charge in [0.15, 0.2) is 0 Å². The molecule has 2 aromatic rings. The predicted octanol–water partition coefficient (Wildman–Crippen LogP) is 5.97. The minimum atomic E-state index is 0. The Morgan fingerprint density at radius 1 is 0.833 bits per heavy atom. The van der Waals surface area contributed by atoms with Crippen molar-refractivity contribution in [1.82, 2.24) is 0 Å². The Labute approximate surface area is 112 Å². The molecule has 0 heteroatoms. The summed E-state index contributed by atoms with van der Waals surface area (Å²) in [7, 11) is 0. The molecular formula is C18H24. The zero-order chi connectivity index (χ0) is 12.7. The minimum absolute atomic E-state index is 0. The molecule has 0 aliphatic heterocycles. The van der Waals surface area contributed by atoms with Gasteiger partial charge in [0.2, 0.25) is 0 Å². The van der Waals surface area contributed by atoms with Gasteiger partial charge in [-0.3, -0.25) is 0 Å². The van der Waals surface area contributed by atoms with Crippen LogP contribution in [0.25, 0.3) is 17.2 Å². The lowest BCUT2D eigenvalue weighted by Crippen LogP contribution is -1.85. The van der Waals surface area contributed by atoms with Crippen LogP contribution in [0.3, 0.4) is 0 Å². The molecule has 0 heterocycles. The van der Waals surface area contributed by atoms with E-state index in [1.807, 2.05) is 26.0 Å². The number of hydrogen-bond donors (Lipinski definition) is 0. The summed E-state index contributed by atoms with van der Waals surface area (Å²) in [5.41, 5.74) is 5.03. The lowest BCUT2D eigenvalue weighted by atomic mass is 9.96. The van der Waals surface area contributed by atoms with Crippen molar-refractivity contribution < 1.29 is 0 Å². The first-order valence-corrected chi connectivity index (χ1v) is 6.10. The molecule has 0 radical (unpaired) electrons. The summed E-state index contributed by atoms with van der Waals surface area (Å²) in [5.74, 6) is 0. The highest BCUT2D eigenvalue weighted by Crippen LogP contribution is 2.26. The van der Waals surface area contributed by atoms with Gasteiger partial charge >= 0.3 is 0 Å². The Morgan fingerprint density at radius 3 is 1.89 bits per heavy atom. The molecule has 0 amide bonds. The van der Waals surface area contributed by atoms with Crippen LogP contribution in [0.2, 0.25) is 0 Å². The summed E-state index contributed by atoms with van der Waals surface area (Å²) in [6.07, 6.45) is 1.90. The fourth-order valence-electron chi connectivity index (χ4n) is 1.80. The van der Waals surface area contributed by atoms with Crippen molar-refractivity contribution in [2.24, 2.45) is 0 Å². The van der Waals surface area contributed by atoms with Crippen molar-refractivity contribution in [3.05, 3.63) is 66.2 Å². The Hall–Kier alpha value is -1.82. The normalized spacial score (nSPS) is 8.61. The summed E-state index contributed by atoms with van der Waals surface area (Å²) < 4.78 is 0. The second-order valence-corrected chi connectivity index (χ2v) is 3.61. The van der Waals surface area contributed by atoms with Crippen LogP contribution in [-0.4, -0.2) is 0 Å². The summed E-state index contributed by atoms with van der Waals surface area (Å²) in [4.78, 5) is 0. The third kappa shape index (κ3) is 3.59. The van der Waals surface area contributed by atoms with Crippen LogP contribution in [-0.2, 0) is 0 Å². The number of hydrogen-bond acceptors (Lipinski definition) is 0. The Bertz CT molecular complexity index is 481. The third-order valence-electron chi connectivity index (χ3n) is 2.62. The van der Waals surface area contributed by atoms with Gasteiger partial charge < -0.3 is 0 Å². The molecule has 0 saturated heterocycles. The predicted molar refractivity (Wildman–Crippen MR) is 84.8 cm³/mol. The van der Waals surface area contributed by atoms with Gasteiger partial charge in [-0.1, -0.05) is 82.5 Å². The van der Waals surface area contributed by atoms with E-state index in [0.29, 0.717) is 0 Å². The van der Waals surface area contributed by atoms with Gasteiger partial charge in [-0.15, -0.1) is 0 Å². The summed E-state index contributed by atoms with van der Waals surface area (Å²) in [5, 5.41) is 0. The van der Waals surface area contributed by atoms with Gasteiger partial charge in [-0.05, 0) is 29.2 Å². The highest BCUT2D eigenvalue weighted by molar-refractivity contribution is 5.76. The number of aryl methyl sites for hydroxylation is 1. The zero-order valence-corrected chi connectivity index (χ0v) is 10.9. The van der Waals surface area contributed by atoms with E-state index in [9.17, 15) is 0 Å². The second-order valence-electron chi connectivity index (χ2n) is 3.61. The molecular weight excluding hydrogens is 216 g/mol. The SMILES string of the molecule is C.C=Cc1ccccc1-c1ccccc1C.CC. The van der Waals surface area contributed by atoms with Crippen molar-refractivity contribution in [3.63, 3.8) is 0 Å². The summed E-state index contributed by atoms with van der Waals surface area (Å²) in [6.45, 7) is 9.98. The molecule has 0 aliphatic rings. The van der Waals surface area contributed by atoms with E-state index < -0.39 is 0 Å². The smallest absolute Gasteiger partial charge is 0.0109 e. The van der Waals surface area contributed by atoms with Crippen molar-refractivity contribution in [2.45, 2.75) is 28.2 Å². The summed E-state index contributed by atoms with van der Waals surface area (Å²) >= 11 is 0. The molecule has 2 aromatic carbocycles. The Kier molecular flexibility index (Phi) is 7.46. The van der Waals surface area contributed by atoms with Gasteiger partial charge in [0, 0.05) is 0 Å². The molecule has 18 heavy (non-hydrogen) atoms. The van der Waals surface area contributed by atoms with Crippen LogP contribution in [0.4, 0.5) is 0 Å². The van der Waals surface area contributed by atoms with Gasteiger partial charge in [0.25, 0.3) is 0 Å². The van der Waals surface area contributed by atoms with E-state index in [1.54, 1.807) is 0 Å². The summed E-state index contributed by atoms with van der Waals surface area (Å²) in [6, 6.07) is 16.8. The molecule has 0 aromatic heterocycles. The van der Waals surface area contributed by atoms with Crippen LogP contribution in [0, 0.1) is 6.92 Å². The molecule has 0 nitrogen and oxygen atoms in total. The van der Waals surface area contributed by atoms with Gasteiger partial charge in [0.1, 0.15) is 0 Å². The maximum atomic E-state index is 3.85. The average molecular weight is 240 g/mol. The quantitative estimate of drug-likeness (QED) is 0.607. The highest BCUT2D eigenvalue weighted by atomic mass is 14.1. The molecule has 2 rings (SSSR count). The monoisotopic (exact) mass is 240 g/mol. The first kappa shape index (κ1) is 16.2. The van der Waals surface area contributed by atoms with E-state index in [4.69, 9.17) is 0 Å². The van der Waals surface area contributed by atoms with Crippen molar-refractivity contribution >= 4 is 6.08 Å². The fraction of sp³-hybridized carbons (Fsp3) is 0.222. The van der Waals surface area contributed by atoms with E-state index in [-0.39, 0.29) is 7.43 Å². The lowest BCUT2D eigenvalue weighted by Gasteiger charge is -2.08. The molecule has 0 N–H and O–H groups in total. The Morgan fingerprint density at radius 2 is 1.33 bits per heavy atom. The van der Waals surface area contributed by atoms with Crippen LogP contribution in [0.1, 0.15) is 32.4 Å². The first-order chi connectivity index (χ1) is 8.33. The van der Waals surface area contributed by atoms with E-state index >= 15 is 0 Å². The molecule has 0 bridgehead atoms. The minimum Gasteiger partial charge on any atom is -0.0984 e. The molecule has 96 valence electrons. The van der Waals surface area contributed by atoms with Crippen molar-refractivity contribution in [3.8, 4) is 11.1 Å². The maximum Gasteiger partial charge on any atom is -0.0109 e. The molecule has 0 spiro atoms. The molecule has 0 aliphatic carbocycles. The molecule has 0 atom stereocenters. The van der Waals surface area contributed by atoms with Crippen molar-refractivity contribution in [1.29, 1.82) is 0 Å². The van der Waals surface area contributed by atoms with E-state index in [0.717, 1.165) is 0 Å².